The van der Waals surface area contributed by atoms with Crippen molar-refractivity contribution in [3.63, 3.8) is 0 Å². The van der Waals surface area contributed by atoms with Gasteiger partial charge in [-0.25, -0.2) is 4.79 Å². The van der Waals surface area contributed by atoms with Gasteiger partial charge in [0.25, 0.3) is 0 Å². The standard InChI is InChI=1S/C12H10BrNO4S/c1-5(15)14-11-8(12(16)17)6-3-4-7(13)9(18-2)10(6)19-11/h3-4H,1-2H3,(H,14,15)(H,16,17). The Bertz CT molecular complexity index is 680. The fourth-order valence-electron chi connectivity index (χ4n) is 1.76. The van der Waals surface area contributed by atoms with Crippen LogP contribution in [0.15, 0.2) is 16.6 Å². The van der Waals surface area contributed by atoms with E-state index in [1.807, 2.05) is 0 Å². The number of carboxylic acid groups (broad SMARTS) is 1. The smallest absolute Gasteiger partial charge is 0.339 e. The van der Waals surface area contributed by atoms with Crippen molar-refractivity contribution >= 4 is 54.2 Å². The molecular weight excluding hydrogens is 334 g/mol. The average Bonchev–Trinajstić information content (AvgIpc) is 2.65. The zero-order valence-corrected chi connectivity index (χ0v) is 12.5. The number of aromatic carboxylic acids is 1. The molecule has 0 fully saturated rings. The van der Waals surface area contributed by atoms with Crippen LogP contribution in [0.3, 0.4) is 0 Å². The van der Waals surface area contributed by atoms with Crippen LogP contribution < -0.4 is 10.1 Å². The minimum absolute atomic E-state index is 0.0843. The normalized spacial score (nSPS) is 10.5. The summed E-state index contributed by atoms with van der Waals surface area (Å²) in [6.45, 7) is 1.34. The van der Waals surface area contributed by atoms with Gasteiger partial charge in [0.1, 0.15) is 10.6 Å². The third kappa shape index (κ3) is 2.43. The summed E-state index contributed by atoms with van der Waals surface area (Å²) in [7, 11) is 1.51. The molecule has 1 aromatic heterocycles. The number of anilines is 1. The lowest BCUT2D eigenvalue weighted by Gasteiger charge is -2.03. The van der Waals surface area contributed by atoms with E-state index in [4.69, 9.17) is 4.74 Å². The molecule has 1 amide bonds. The summed E-state index contributed by atoms with van der Waals surface area (Å²) in [4.78, 5) is 22.5. The Morgan fingerprint density at radius 3 is 2.63 bits per heavy atom. The number of ether oxygens (including phenoxy) is 1. The molecule has 0 radical (unpaired) electrons. The van der Waals surface area contributed by atoms with E-state index in [1.165, 1.54) is 25.4 Å². The first-order chi connectivity index (χ1) is 8.95. The number of hydrogen-bond donors (Lipinski definition) is 2. The van der Waals surface area contributed by atoms with Gasteiger partial charge in [-0.1, -0.05) is 6.07 Å². The Balaban J connectivity index is 2.79. The highest BCUT2D eigenvalue weighted by Crippen LogP contribution is 2.44. The first-order valence-electron chi connectivity index (χ1n) is 5.25. The van der Waals surface area contributed by atoms with Gasteiger partial charge in [0.05, 0.1) is 16.3 Å². The van der Waals surface area contributed by atoms with Crippen LogP contribution in [0.25, 0.3) is 10.1 Å². The van der Waals surface area contributed by atoms with Crippen LogP contribution in [0.5, 0.6) is 5.75 Å². The van der Waals surface area contributed by atoms with Crippen molar-refractivity contribution in [1.82, 2.24) is 0 Å². The number of thiophene rings is 1. The molecule has 0 bridgehead atoms. The Morgan fingerprint density at radius 2 is 2.11 bits per heavy atom. The molecule has 2 N–H and O–H groups in total. The van der Waals surface area contributed by atoms with E-state index in [9.17, 15) is 14.7 Å². The monoisotopic (exact) mass is 343 g/mol. The molecule has 0 saturated carbocycles. The molecule has 0 aliphatic carbocycles. The van der Waals surface area contributed by atoms with Crippen molar-refractivity contribution in [3.8, 4) is 5.75 Å². The summed E-state index contributed by atoms with van der Waals surface area (Å²) in [6.07, 6.45) is 0. The van der Waals surface area contributed by atoms with Gasteiger partial charge >= 0.3 is 5.97 Å². The molecule has 1 aromatic carbocycles. The molecule has 100 valence electrons. The first-order valence-corrected chi connectivity index (χ1v) is 6.86. The van der Waals surface area contributed by atoms with Crippen LogP contribution in [-0.2, 0) is 4.79 Å². The van der Waals surface area contributed by atoms with E-state index in [1.54, 1.807) is 12.1 Å². The molecule has 0 aliphatic heterocycles. The highest BCUT2D eigenvalue weighted by molar-refractivity contribution is 9.10. The third-order valence-electron chi connectivity index (χ3n) is 2.47. The van der Waals surface area contributed by atoms with Gasteiger partial charge in [0, 0.05) is 12.3 Å². The second kappa shape index (κ2) is 5.18. The Hall–Kier alpha value is -1.60. The zero-order chi connectivity index (χ0) is 14.2. The van der Waals surface area contributed by atoms with E-state index in [-0.39, 0.29) is 11.5 Å². The maximum Gasteiger partial charge on any atom is 0.339 e. The molecule has 0 saturated heterocycles. The van der Waals surface area contributed by atoms with E-state index in [0.717, 1.165) is 4.47 Å². The van der Waals surface area contributed by atoms with Gasteiger partial charge in [-0.05, 0) is 22.0 Å². The molecule has 0 spiro atoms. The molecule has 1 heterocycles. The first kappa shape index (κ1) is 13.8. The number of rotatable bonds is 3. The van der Waals surface area contributed by atoms with E-state index in [2.05, 4.69) is 21.2 Å². The average molecular weight is 344 g/mol. The lowest BCUT2D eigenvalue weighted by molar-refractivity contribution is -0.114. The van der Waals surface area contributed by atoms with Crippen LogP contribution >= 0.6 is 27.3 Å². The highest BCUT2D eigenvalue weighted by atomic mass is 79.9. The molecular formula is C12H10BrNO4S. The van der Waals surface area contributed by atoms with Gasteiger partial charge in [0.15, 0.2) is 5.75 Å². The van der Waals surface area contributed by atoms with Gasteiger partial charge in [-0.15, -0.1) is 11.3 Å². The predicted molar refractivity (Wildman–Crippen MR) is 77.3 cm³/mol. The minimum Gasteiger partial charge on any atom is -0.494 e. The van der Waals surface area contributed by atoms with Crippen molar-refractivity contribution in [1.29, 1.82) is 0 Å². The van der Waals surface area contributed by atoms with Crippen LogP contribution in [0, 0.1) is 0 Å². The highest BCUT2D eigenvalue weighted by Gasteiger charge is 2.22. The fourth-order valence-corrected chi connectivity index (χ4v) is 3.65. The van der Waals surface area contributed by atoms with Gasteiger partial charge < -0.3 is 15.2 Å². The molecule has 0 unspecified atom stereocenters. The number of carbonyl (C=O) groups excluding carboxylic acids is 1. The van der Waals surface area contributed by atoms with Gasteiger partial charge in [-0.3, -0.25) is 4.79 Å². The second-order valence-electron chi connectivity index (χ2n) is 3.75. The topological polar surface area (TPSA) is 75.6 Å². The van der Waals surface area contributed by atoms with Gasteiger partial charge in [-0.2, -0.15) is 0 Å². The van der Waals surface area contributed by atoms with Crippen molar-refractivity contribution in [2.24, 2.45) is 0 Å². The fraction of sp³-hybridized carbons (Fsp3) is 0.167. The number of methoxy groups -OCH3 is 1. The van der Waals surface area contributed by atoms with Crippen molar-refractivity contribution in [2.75, 3.05) is 12.4 Å². The molecule has 2 rings (SSSR count). The summed E-state index contributed by atoms with van der Waals surface area (Å²) < 4.78 is 6.68. The second-order valence-corrected chi connectivity index (χ2v) is 5.62. The number of carboxylic acids is 1. The number of benzene rings is 1. The molecule has 7 heteroatoms. The summed E-state index contributed by atoms with van der Waals surface area (Å²) in [5, 5.41) is 12.7. The Morgan fingerprint density at radius 1 is 1.42 bits per heavy atom. The molecule has 0 atom stereocenters. The quantitative estimate of drug-likeness (QED) is 0.896. The van der Waals surface area contributed by atoms with E-state index < -0.39 is 5.97 Å². The van der Waals surface area contributed by atoms with Crippen molar-refractivity contribution in [2.45, 2.75) is 6.92 Å². The summed E-state index contributed by atoms with van der Waals surface area (Å²) in [5.74, 6) is -0.840. The largest absolute Gasteiger partial charge is 0.494 e. The third-order valence-corrected chi connectivity index (χ3v) is 4.22. The Kier molecular flexibility index (Phi) is 3.77. The zero-order valence-electron chi connectivity index (χ0n) is 10.1. The summed E-state index contributed by atoms with van der Waals surface area (Å²) >= 11 is 4.52. The van der Waals surface area contributed by atoms with Gasteiger partial charge in [0.2, 0.25) is 5.91 Å². The number of fused-ring (bicyclic) bond motifs is 1. The van der Waals surface area contributed by atoms with Crippen LogP contribution in [-0.4, -0.2) is 24.1 Å². The van der Waals surface area contributed by atoms with Crippen molar-refractivity contribution < 1.29 is 19.4 Å². The maximum atomic E-state index is 11.4. The molecule has 19 heavy (non-hydrogen) atoms. The van der Waals surface area contributed by atoms with E-state index in [0.29, 0.717) is 20.8 Å². The lowest BCUT2D eigenvalue weighted by atomic mass is 10.1. The number of nitrogens with one attached hydrogen (secondary N) is 1. The number of halogens is 1. The number of carbonyl (C=O) groups is 2. The van der Waals surface area contributed by atoms with Crippen LogP contribution in [0.1, 0.15) is 17.3 Å². The Labute approximate surface area is 121 Å². The lowest BCUT2D eigenvalue weighted by Crippen LogP contribution is -2.08. The molecule has 2 aromatic rings. The van der Waals surface area contributed by atoms with Crippen LogP contribution in [0.4, 0.5) is 5.00 Å². The van der Waals surface area contributed by atoms with E-state index >= 15 is 0 Å². The molecule has 0 aliphatic rings. The summed E-state index contributed by atoms with van der Waals surface area (Å²) in [6, 6.07) is 3.41. The molecule has 5 nitrogen and oxygen atoms in total. The van der Waals surface area contributed by atoms with Crippen molar-refractivity contribution in [3.05, 3.63) is 22.2 Å². The SMILES string of the molecule is COc1c(Br)ccc2c(C(=O)O)c(NC(C)=O)sc12. The predicted octanol–water partition coefficient (Wildman–Crippen LogP) is 3.33. The maximum absolute atomic E-state index is 11.4. The van der Waals surface area contributed by atoms with Crippen LogP contribution in [0.2, 0.25) is 0 Å². The number of amides is 1. The summed E-state index contributed by atoms with van der Waals surface area (Å²) in [5.41, 5.74) is 0.0843. The number of hydrogen-bond acceptors (Lipinski definition) is 4. The minimum atomic E-state index is -1.08.